The zero-order valence-corrected chi connectivity index (χ0v) is 17.2. The van der Waals surface area contributed by atoms with Crippen molar-refractivity contribution in [2.24, 2.45) is 5.92 Å². The Morgan fingerprint density at radius 1 is 0.964 bits per heavy atom. The third kappa shape index (κ3) is 6.62. The van der Waals surface area contributed by atoms with Gasteiger partial charge in [0.2, 0.25) is 11.8 Å². The monoisotopic (exact) mass is 385 g/mol. The van der Waals surface area contributed by atoms with Gasteiger partial charge in [-0.1, -0.05) is 50.1 Å². The first kappa shape index (κ1) is 20.8. The van der Waals surface area contributed by atoms with Gasteiger partial charge in [0, 0.05) is 31.6 Å². The highest BCUT2D eigenvalue weighted by Crippen LogP contribution is 2.23. The number of hydrogen-bond donors (Lipinski definition) is 2. The average molecular weight is 386 g/mol. The minimum Gasteiger partial charge on any atom is -0.353 e. The molecule has 1 aliphatic carbocycles. The van der Waals surface area contributed by atoms with E-state index >= 15 is 0 Å². The van der Waals surface area contributed by atoms with Crippen LogP contribution in [0.15, 0.2) is 30.3 Å². The quantitative estimate of drug-likeness (QED) is 0.759. The number of carbonyl (C=O) groups is 2. The summed E-state index contributed by atoms with van der Waals surface area (Å²) >= 11 is 0. The molecule has 2 atom stereocenters. The summed E-state index contributed by atoms with van der Waals surface area (Å²) in [5.74, 6) is 0.880. The molecule has 0 radical (unpaired) electrons. The van der Waals surface area contributed by atoms with Gasteiger partial charge in [-0.3, -0.25) is 14.5 Å². The molecule has 1 heterocycles. The molecule has 0 unspecified atom stereocenters. The fraction of sp³-hybridized carbons (Fsp3) is 0.652. The van der Waals surface area contributed by atoms with Crippen LogP contribution in [0.4, 0.5) is 0 Å². The molecule has 1 saturated carbocycles. The molecule has 2 fully saturated rings. The molecular weight excluding hydrogens is 350 g/mol. The van der Waals surface area contributed by atoms with E-state index in [1.807, 2.05) is 18.2 Å². The van der Waals surface area contributed by atoms with Crippen LogP contribution in [0.2, 0.25) is 0 Å². The number of rotatable bonds is 7. The second kappa shape index (κ2) is 10.6. The predicted octanol–water partition coefficient (Wildman–Crippen LogP) is 2.89. The van der Waals surface area contributed by atoms with Gasteiger partial charge in [-0.2, -0.15) is 0 Å². The van der Waals surface area contributed by atoms with Crippen LogP contribution in [-0.4, -0.2) is 48.4 Å². The Bertz CT molecular complexity index is 626. The maximum absolute atomic E-state index is 12.4. The molecule has 3 rings (SSSR count). The van der Waals surface area contributed by atoms with Crippen LogP contribution in [0, 0.1) is 5.92 Å². The van der Waals surface area contributed by atoms with Gasteiger partial charge in [-0.05, 0) is 43.6 Å². The van der Waals surface area contributed by atoms with Gasteiger partial charge in [0.1, 0.15) is 0 Å². The molecule has 1 aliphatic heterocycles. The molecule has 0 aromatic heterocycles. The summed E-state index contributed by atoms with van der Waals surface area (Å²) in [6.07, 6.45) is 8.01. The molecule has 1 aromatic rings. The van der Waals surface area contributed by atoms with Crippen LogP contribution in [0.1, 0.15) is 57.4 Å². The van der Waals surface area contributed by atoms with E-state index in [1.54, 1.807) is 0 Å². The molecule has 2 amide bonds. The van der Waals surface area contributed by atoms with Crippen LogP contribution < -0.4 is 10.6 Å². The van der Waals surface area contributed by atoms with E-state index in [4.69, 9.17) is 0 Å². The molecule has 28 heavy (non-hydrogen) atoms. The van der Waals surface area contributed by atoms with Crippen LogP contribution in [0.3, 0.4) is 0 Å². The van der Waals surface area contributed by atoms with Gasteiger partial charge < -0.3 is 10.6 Å². The lowest BCUT2D eigenvalue weighted by molar-refractivity contribution is -0.125. The SMILES string of the molecule is C[C@@H]1CCCC[C@@H]1NC(=O)CN1CCC(NC(=O)CCc2ccccc2)CC1. The molecule has 154 valence electrons. The van der Waals surface area contributed by atoms with Gasteiger partial charge in [-0.25, -0.2) is 0 Å². The van der Waals surface area contributed by atoms with Gasteiger partial charge in [-0.15, -0.1) is 0 Å². The lowest BCUT2D eigenvalue weighted by Crippen LogP contribution is -2.49. The molecule has 0 spiro atoms. The highest BCUT2D eigenvalue weighted by molar-refractivity contribution is 5.78. The maximum Gasteiger partial charge on any atom is 0.234 e. The maximum atomic E-state index is 12.4. The van der Waals surface area contributed by atoms with E-state index in [-0.39, 0.29) is 17.9 Å². The van der Waals surface area contributed by atoms with Crippen LogP contribution in [0.25, 0.3) is 0 Å². The minimum absolute atomic E-state index is 0.131. The molecular formula is C23H35N3O2. The third-order valence-corrected chi connectivity index (χ3v) is 6.26. The van der Waals surface area contributed by atoms with Crippen LogP contribution >= 0.6 is 0 Å². The topological polar surface area (TPSA) is 61.4 Å². The van der Waals surface area contributed by atoms with Crippen LogP contribution in [-0.2, 0) is 16.0 Å². The fourth-order valence-electron chi connectivity index (χ4n) is 4.42. The van der Waals surface area contributed by atoms with Crippen molar-refractivity contribution in [3.8, 4) is 0 Å². The summed E-state index contributed by atoms with van der Waals surface area (Å²) in [5, 5.41) is 6.41. The zero-order chi connectivity index (χ0) is 19.8. The predicted molar refractivity (Wildman–Crippen MR) is 112 cm³/mol. The number of nitrogens with one attached hydrogen (secondary N) is 2. The van der Waals surface area contributed by atoms with Gasteiger partial charge in [0.15, 0.2) is 0 Å². The molecule has 5 nitrogen and oxygen atoms in total. The zero-order valence-electron chi connectivity index (χ0n) is 17.2. The number of hydrogen-bond acceptors (Lipinski definition) is 3. The van der Waals surface area contributed by atoms with Gasteiger partial charge in [0.25, 0.3) is 0 Å². The average Bonchev–Trinajstić information content (AvgIpc) is 2.70. The summed E-state index contributed by atoms with van der Waals surface area (Å²) in [7, 11) is 0. The van der Waals surface area contributed by atoms with E-state index in [0.29, 0.717) is 24.9 Å². The summed E-state index contributed by atoms with van der Waals surface area (Å²) in [6, 6.07) is 10.7. The normalized spacial score (nSPS) is 23.9. The second-order valence-corrected chi connectivity index (χ2v) is 8.54. The first-order valence-electron chi connectivity index (χ1n) is 10.9. The Hall–Kier alpha value is -1.88. The first-order valence-corrected chi connectivity index (χ1v) is 10.9. The standard InChI is InChI=1S/C23H35N3O2/c1-18-7-5-6-10-21(18)25-23(28)17-26-15-13-20(14-16-26)24-22(27)12-11-19-8-3-2-4-9-19/h2-4,8-9,18,20-21H,5-7,10-17H2,1H3,(H,24,27)(H,25,28)/t18-,21+/m1/s1. The number of aryl methyl sites for hydroxylation is 1. The highest BCUT2D eigenvalue weighted by Gasteiger charge is 2.25. The Kier molecular flexibility index (Phi) is 7.90. The van der Waals surface area contributed by atoms with E-state index in [2.05, 4.69) is 34.6 Å². The summed E-state index contributed by atoms with van der Waals surface area (Å²) < 4.78 is 0. The molecule has 2 aliphatic rings. The smallest absolute Gasteiger partial charge is 0.234 e. The lowest BCUT2D eigenvalue weighted by atomic mass is 9.86. The number of likely N-dealkylation sites (tertiary alicyclic amines) is 1. The molecule has 2 N–H and O–H groups in total. The van der Waals surface area contributed by atoms with Crippen molar-refractivity contribution in [3.63, 3.8) is 0 Å². The first-order chi connectivity index (χ1) is 13.6. The van der Waals surface area contributed by atoms with E-state index in [0.717, 1.165) is 38.8 Å². The minimum atomic E-state index is 0.131. The van der Waals surface area contributed by atoms with E-state index in [9.17, 15) is 9.59 Å². The Morgan fingerprint density at radius 2 is 1.68 bits per heavy atom. The molecule has 0 bridgehead atoms. The van der Waals surface area contributed by atoms with Crippen molar-refractivity contribution in [3.05, 3.63) is 35.9 Å². The Balaban J connectivity index is 1.31. The molecule has 1 saturated heterocycles. The number of carbonyl (C=O) groups excluding carboxylic acids is 2. The van der Waals surface area contributed by atoms with Crippen molar-refractivity contribution < 1.29 is 9.59 Å². The van der Waals surface area contributed by atoms with Crippen molar-refractivity contribution in [1.82, 2.24) is 15.5 Å². The van der Waals surface area contributed by atoms with E-state index < -0.39 is 0 Å². The number of piperidine rings is 1. The van der Waals surface area contributed by atoms with E-state index in [1.165, 1.54) is 24.8 Å². The summed E-state index contributed by atoms with van der Waals surface area (Å²) in [6.45, 7) is 4.47. The number of amides is 2. The lowest BCUT2D eigenvalue weighted by Gasteiger charge is -2.33. The second-order valence-electron chi connectivity index (χ2n) is 8.54. The number of nitrogens with zero attached hydrogens (tertiary/aromatic N) is 1. The summed E-state index contributed by atoms with van der Waals surface area (Å²) in [5.41, 5.74) is 1.20. The van der Waals surface area contributed by atoms with Crippen molar-refractivity contribution in [2.75, 3.05) is 19.6 Å². The van der Waals surface area contributed by atoms with Crippen LogP contribution in [0.5, 0.6) is 0 Å². The Labute approximate surface area is 169 Å². The summed E-state index contributed by atoms with van der Waals surface area (Å²) in [4.78, 5) is 26.8. The molecule has 1 aromatic carbocycles. The number of benzene rings is 1. The van der Waals surface area contributed by atoms with Crippen molar-refractivity contribution in [2.45, 2.75) is 70.4 Å². The Morgan fingerprint density at radius 3 is 2.39 bits per heavy atom. The van der Waals surface area contributed by atoms with Gasteiger partial charge >= 0.3 is 0 Å². The largest absolute Gasteiger partial charge is 0.353 e. The van der Waals surface area contributed by atoms with Gasteiger partial charge in [0.05, 0.1) is 6.54 Å². The fourth-order valence-corrected chi connectivity index (χ4v) is 4.42. The highest BCUT2D eigenvalue weighted by atomic mass is 16.2. The van der Waals surface area contributed by atoms with Crippen molar-refractivity contribution >= 4 is 11.8 Å². The third-order valence-electron chi connectivity index (χ3n) is 6.26. The molecule has 5 heteroatoms. The van der Waals surface area contributed by atoms with Crippen molar-refractivity contribution in [1.29, 1.82) is 0 Å².